The number of hydrogen-bond donors (Lipinski definition) is 1. The molecule has 0 fully saturated rings. The van der Waals surface area contributed by atoms with Gasteiger partial charge < -0.3 is 5.32 Å². The number of hydrogen-bond acceptors (Lipinski definition) is 4. The van der Waals surface area contributed by atoms with E-state index in [1.165, 1.54) is 16.9 Å². The molecule has 140 valence electrons. The molecule has 0 aromatic carbocycles. The number of carbonyl (C=O) groups is 1. The predicted octanol–water partition coefficient (Wildman–Crippen LogP) is 2.39. The minimum Gasteiger partial charge on any atom is -0.351 e. The van der Waals surface area contributed by atoms with Crippen LogP contribution in [0.15, 0.2) is 10.9 Å². The second-order valence-electron chi connectivity index (χ2n) is 7.55. The maximum Gasteiger partial charge on any atom is 0.345 e. The van der Waals surface area contributed by atoms with E-state index in [4.69, 9.17) is 0 Å². The smallest absolute Gasteiger partial charge is 0.345 e. The molecular weight excluding hydrogens is 348 g/mol. The number of carbonyl (C=O) groups excluding carboxylic acids is 1. The number of fused-ring (bicyclic) bond motifs is 2. The lowest BCUT2D eigenvalue weighted by Crippen LogP contribution is -2.29. The molecule has 0 radical (unpaired) electrons. The Morgan fingerprint density at radius 2 is 2.27 bits per heavy atom. The summed E-state index contributed by atoms with van der Waals surface area (Å²) >= 11 is 1.64. The van der Waals surface area contributed by atoms with E-state index in [0.29, 0.717) is 25.4 Å². The first kappa shape index (κ1) is 17.5. The second kappa shape index (κ2) is 7.39. The molecule has 0 spiro atoms. The molecule has 4 rings (SSSR count). The summed E-state index contributed by atoms with van der Waals surface area (Å²) in [6.45, 7) is 4.17. The third-order valence-electron chi connectivity index (χ3n) is 5.42. The molecule has 1 unspecified atom stereocenters. The van der Waals surface area contributed by atoms with Gasteiger partial charge in [-0.05, 0) is 56.1 Å². The Morgan fingerprint density at radius 3 is 3.12 bits per heavy atom. The number of rotatable bonds is 5. The van der Waals surface area contributed by atoms with Crippen molar-refractivity contribution in [1.29, 1.82) is 0 Å². The molecule has 3 heterocycles. The van der Waals surface area contributed by atoms with Crippen molar-refractivity contribution in [2.75, 3.05) is 6.54 Å². The number of aryl methyl sites for hydroxylation is 3. The van der Waals surface area contributed by atoms with Crippen molar-refractivity contribution in [3.63, 3.8) is 0 Å². The van der Waals surface area contributed by atoms with Gasteiger partial charge in [0.25, 0.3) is 5.91 Å². The van der Waals surface area contributed by atoms with Crippen LogP contribution in [0.4, 0.5) is 0 Å². The average Bonchev–Trinajstić information content (AvgIpc) is 3.20. The van der Waals surface area contributed by atoms with Crippen LogP contribution in [0.1, 0.15) is 58.5 Å². The van der Waals surface area contributed by atoms with Crippen LogP contribution in [0.2, 0.25) is 0 Å². The topological polar surface area (TPSA) is 68.9 Å². The highest BCUT2D eigenvalue weighted by Crippen LogP contribution is 2.32. The second-order valence-corrected chi connectivity index (χ2v) is 8.68. The van der Waals surface area contributed by atoms with Crippen molar-refractivity contribution < 1.29 is 4.79 Å². The molecule has 0 saturated carbocycles. The van der Waals surface area contributed by atoms with Crippen LogP contribution in [0.25, 0.3) is 0 Å². The van der Waals surface area contributed by atoms with Gasteiger partial charge in [-0.1, -0.05) is 6.92 Å². The third kappa shape index (κ3) is 3.49. The van der Waals surface area contributed by atoms with Gasteiger partial charge in [-0.2, -0.15) is 5.10 Å². The van der Waals surface area contributed by atoms with E-state index >= 15 is 0 Å². The first-order valence-electron chi connectivity index (χ1n) is 9.68. The van der Waals surface area contributed by atoms with Crippen molar-refractivity contribution in [3.8, 4) is 0 Å². The lowest BCUT2D eigenvalue weighted by molar-refractivity contribution is 0.0956. The average molecular weight is 375 g/mol. The SMILES string of the molecule is CC1CCc2sc(C(=O)NCCCn3nc4n(c3=O)CCCC4)cc2C1. The molecule has 0 saturated heterocycles. The molecule has 1 aliphatic carbocycles. The van der Waals surface area contributed by atoms with E-state index in [0.717, 1.165) is 49.4 Å². The molecule has 6 nitrogen and oxygen atoms in total. The quantitative estimate of drug-likeness (QED) is 0.817. The fourth-order valence-electron chi connectivity index (χ4n) is 3.93. The van der Waals surface area contributed by atoms with Crippen molar-refractivity contribution in [3.05, 3.63) is 37.7 Å². The summed E-state index contributed by atoms with van der Waals surface area (Å²) in [6, 6.07) is 2.07. The molecule has 2 aliphatic rings. The van der Waals surface area contributed by atoms with E-state index < -0.39 is 0 Å². The molecule has 2 aromatic rings. The Bertz CT molecular complexity index is 864. The van der Waals surface area contributed by atoms with Crippen LogP contribution in [0.5, 0.6) is 0 Å². The van der Waals surface area contributed by atoms with E-state index in [1.807, 2.05) is 0 Å². The third-order valence-corrected chi connectivity index (χ3v) is 6.65. The first-order chi connectivity index (χ1) is 12.6. The predicted molar refractivity (Wildman–Crippen MR) is 102 cm³/mol. The number of aromatic nitrogens is 3. The van der Waals surface area contributed by atoms with Crippen LogP contribution in [0.3, 0.4) is 0 Å². The molecule has 0 bridgehead atoms. The standard InChI is InChI=1S/C19H26N4O2S/c1-13-6-7-15-14(11-13)12-16(26-15)18(24)20-8-4-10-23-19(25)22-9-3-2-5-17(22)21-23/h12-13H,2-11H2,1H3,(H,20,24). The Balaban J connectivity index is 1.29. The summed E-state index contributed by atoms with van der Waals surface area (Å²) in [5, 5.41) is 7.43. The highest BCUT2D eigenvalue weighted by molar-refractivity contribution is 7.14. The zero-order valence-electron chi connectivity index (χ0n) is 15.3. The number of nitrogens with zero attached hydrogens (tertiary/aromatic N) is 3. The Labute approximate surface area is 157 Å². The molecule has 1 aliphatic heterocycles. The lowest BCUT2D eigenvalue weighted by Gasteiger charge is -2.16. The zero-order valence-corrected chi connectivity index (χ0v) is 16.1. The highest BCUT2D eigenvalue weighted by Gasteiger charge is 2.20. The van der Waals surface area contributed by atoms with Crippen LogP contribution in [0, 0.1) is 5.92 Å². The van der Waals surface area contributed by atoms with Gasteiger partial charge in [0.1, 0.15) is 5.82 Å². The van der Waals surface area contributed by atoms with Gasteiger partial charge in [-0.25, -0.2) is 9.48 Å². The summed E-state index contributed by atoms with van der Waals surface area (Å²) < 4.78 is 3.34. The van der Waals surface area contributed by atoms with Gasteiger partial charge >= 0.3 is 5.69 Å². The van der Waals surface area contributed by atoms with Gasteiger partial charge in [0, 0.05) is 30.9 Å². The van der Waals surface area contributed by atoms with Gasteiger partial charge in [0.05, 0.1) is 4.88 Å². The Morgan fingerprint density at radius 1 is 1.38 bits per heavy atom. The minimum absolute atomic E-state index is 0.00790. The molecule has 7 heteroatoms. The largest absolute Gasteiger partial charge is 0.351 e. The summed E-state index contributed by atoms with van der Waals surface area (Å²) in [5.41, 5.74) is 1.35. The fraction of sp³-hybridized carbons (Fsp3) is 0.632. The number of amides is 1. The Hall–Kier alpha value is -1.89. The Kier molecular flexibility index (Phi) is 4.98. The van der Waals surface area contributed by atoms with E-state index in [2.05, 4.69) is 23.4 Å². The molecule has 1 atom stereocenters. The molecule has 1 amide bonds. The summed E-state index contributed by atoms with van der Waals surface area (Å²) in [5.74, 6) is 1.63. The van der Waals surface area contributed by atoms with Crippen molar-refractivity contribution in [2.24, 2.45) is 5.92 Å². The fourth-order valence-corrected chi connectivity index (χ4v) is 5.05. The van der Waals surface area contributed by atoms with Gasteiger partial charge in [0.2, 0.25) is 0 Å². The van der Waals surface area contributed by atoms with Gasteiger partial charge in [-0.15, -0.1) is 11.3 Å². The number of nitrogens with one attached hydrogen (secondary N) is 1. The van der Waals surface area contributed by atoms with Crippen LogP contribution in [-0.4, -0.2) is 26.8 Å². The maximum absolute atomic E-state index is 12.4. The number of thiophene rings is 1. The van der Waals surface area contributed by atoms with Gasteiger partial charge in [0.15, 0.2) is 0 Å². The molecule has 2 aromatic heterocycles. The van der Waals surface area contributed by atoms with Crippen LogP contribution >= 0.6 is 11.3 Å². The molecular formula is C19H26N4O2S. The van der Waals surface area contributed by atoms with Crippen LogP contribution in [-0.2, 0) is 32.4 Å². The summed E-state index contributed by atoms with van der Waals surface area (Å²) in [6.07, 6.45) is 7.17. The van der Waals surface area contributed by atoms with Crippen molar-refractivity contribution in [2.45, 2.75) is 65.0 Å². The summed E-state index contributed by atoms with van der Waals surface area (Å²) in [4.78, 5) is 26.9. The lowest BCUT2D eigenvalue weighted by atomic mass is 9.90. The van der Waals surface area contributed by atoms with Gasteiger partial charge in [-0.3, -0.25) is 9.36 Å². The molecule has 26 heavy (non-hydrogen) atoms. The van der Waals surface area contributed by atoms with E-state index in [-0.39, 0.29) is 11.6 Å². The van der Waals surface area contributed by atoms with Crippen molar-refractivity contribution >= 4 is 17.2 Å². The molecule has 1 N–H and O–H groups in total. The summed E-state index contributed by atoms with van der Waals surface area (Å²) in [7, 11) is 0. The van der Waals surface area contributed by atoms with E-state index in [9.17, 15) is 9.59 Å². The zero-order chi connectivity index (χ0) is 18.1. The minimum atomic E-state index is -0.00826. The maximum atomic E-state index is 12.4. The normalized spacial score (nSPS) is 19.0. The highest BCUT2D eigenvalue weighted by atomic mass is 32.1. The first-order valence-corrected chi connectivity index (χ1v) is 10.5. The van der Waals surface area contributed by atoms with E-state index in [1.54, 1.807) is 20.6 Å². The monoisotopic (exact) mass is 374 g/mol. The van der Waals surface area contributed by atoms with Crippen molar-refractivity contribution in [1.82, 2.24) is 19.7 Å². The van der Waals surface area contributed by atoms with Crippen LogP contribution < -0.4 is 11.0 Å².